The van der Waals surface area contributed by atoms with Gasteiger partial charge in [-0.2, -0.15) is 5.10 Å². The van der Waals surface area contributed by atoms with Crippen LogP contribution in [0.4, 0.5) is 5.69 Å². The van der Waals surface area contributed by atoms with Crippen LogP contribution in [-0.4, -0.2) is 41.0 Å². The van der Waals surface area contributed by atoms with Crippen molar-refractivity contribution < 1.29 is 5.11 Å². The lowest BCUT2D eigenvalue weighted by molar-refractivity contribution is 0.277. The number of pyridine rings is 2. The number of rotatable bonds is 5. The number of aliphatic hydroxyl groups is 1. The van der Waals surface area contributed by atoms with Gasteiger partial charge in [0.05, 0.1) is 52.1 Å². The smallest absolute Gasteiger partial charge is 0.333 e. The molecule has 0 saturated carbocycles. The fourth-order valence-electron chi connectivity index (χ4n) is 4.28. The average molecular weight is 444 g/mol. The molecular formula is C24H25N7O2. The molecule has 0 aliphatic rings. The summed E-state index contributed by atoms with van der Waals surface area (Å²) in [5.41, 5.74) is 6.93. The van der Waals surface area contributed by atoms with E-state index in [1.807, 2.05) is 49.0 Å². The summed E-state index contributed by atoms with van der Waals surface area (Å²) >= 11 is 0. The van der Waals surface area contributed by atoms with E-state index in [9.17, 15) is 9.90 Å². The maximum atomic E-state index is 13.3. The van der Waals surface area contributed by atoms with Crippen LogP contribution in [0.1, 0.15) is 18.3 Å². The highest BCUT2D eigenvalue weighted by atomic mass is 16.3. The summed E-state index contributed by atoms with van der Waals surface area (Å²) in [6, 6.07) is 7.94. The number of hydrogen-bond acceptors (Lipinski definition) is 6. The molecule has 5 rings (SSSR count). The first kappa shape index (κ1) is 20.9. The van der Waals surface area contributed by atoms with E-state index in [-0.39, 0.29) is 12.3 Å². The fourth-order valence-corrected chi connectivity index (χ4v) is 4.28. The number of nitrogens with one attached hydrogen (secondary N) is 1. The number of aromatic nitrogens is 6. The van der Waals surface area contributed by atoms with E-state index >= 15 is 0 Å². The highest BCUT2D eigenvalue weighted by molar-refractivity contribution is 6.04. The zero-order valence-corrected chi connectivity index (χ0v) is 19.0. The Morgan fingerprint density at radius 2 is 1.94 bits per heavy atom. The Bertz CT molecular complexity index is 1580. The maximum absolute atomic E-state index is 13.3. The number of imidazole rings is 1. The molecule has 0 saturated heterocycles. The second-order valence-electron chi connectivity index (χ2n) is 7.98. The van der Waals surface area contributed by atoms with Gasteiger partial charge < -0.3 is 10.4 Å². The summed E-state index contributed by atoms with van der Waals surface area (Å²) in [7, 11) is 3.56. The normalized spacial score (nSPS) is 11.5. The first-order valence-corrected chi connectivity index (χ1v) is 10.8. The molecule has 0 atom stereocenters. The van der Waals surface area contributed by atoms with Gasteiger partial charge in [-0.25, -0.2) is 4.79 Å². The third-order valence-corrected chi connectivity index (χ3v) is 6.09. The molecule has 0 aliphatic heterocycles. The molecule has 0 bridgehead atoms. The van der Waals surface area contributed by atoms with Crippen LogP contribution in [0.2, 0.25) is 0 Å². The topological polar surface area (TPSA) is 103 Å². The van der Waals surface area contributed by atoms with Gasteiger partial charge in [-0.3, -0.25) is 23.8 Å². The number of fused-ring (bicyclic) bond motifs is 3. The van der Waals surface area contributed by atoms with Gasteiger partial charge in [0.1, 0.15) is 0 Å². The molecule has 0 aliphatic carbocycles. The lowest BCUT2D eigenvalue weighted by Crippen LogP contribution is -2.21. The SMILES string of the molecule is CCn1cc(-n2c(=O)n(C)c3cnc4ccc(-c5cnc(CO)c(NC)c5)cc4c32)c(C)n1. The summed E-state index contributed by atoms with van der Waals surface area (Å²) in [4.78, 5) is 22.3. The molecule has 9 heteroatoms. The number of nitrogens with zero attached hydrogens (tertiary/aromatic N) is 6. The van der Waals surface area contributed by atoms with Crippen molar-refractivity contribution in [3.63, 3.8) is 0 Å². The molecule has 4 heterocycles. The van der Waals surface area contributed by atoms with Crippen molar-refractivity contribution in [2.24, 2.45) is 7.05 Å². The molecule has 0 fully saturated rings. The minimum Gasteiger partial charge on any atom is -0.390 e. The zero-order chi connectivity index (χ0) is 23.3. The quantitative estimate of drug-likeness (QED) is 0.433. The first-order chi connectivity index (χ1) is 16.0. The Morgan fingerprint density at radius 1 is 1.12 bits per heavy atom. The highest BCUT2D eigenvalue weighted by Gasteiger charge is 2.19. The predicted octanol–water partition coefficient (Wildman–Crippen LogP) is 3.00. The zero-order valence-electron chi connectivity index (χ0n) is 19.0. The second-order valence-corrected chi connectivity index (χ2v) is 7.98. The van der Waals surface area contributed by atoms with Gasteiger partial charge >= 0.3 is 5.69 Å². The van der Waals surface area contributed by atoms with Crippen LogP contribution >= 0.6 is 0 Å². The molecule has 1 aromatic carbocycles. The molecule has 2 N–H and O–H groups in total. The van der Waals surface area contributed by atoms with Crippen molar-refractivity contribution in [3.8, 4) is 16.8 Å². The molecule has 168 valence electrons. The van der Waals surface area contributed by atoms with Crippen LogP contribution in [0.5, 0.6) is 0 Å². The molecule has 4 aromatic heterocycles. The monoisotopic (exact) mass is 443 g/mol. The Labute approximate surface area is 189 Å². The Balaban J connectivity index is 1.82. The van der Waals surface area contributed by atoms with E-state index < -0.39 is 0 Å². The van der Waals surface area contributed by atoms with Crippen LogP contribution in [0.3, 0.4) is 0 Å². The third-order valence-electron chi connectivity index (χ3n) is 6.09. The van der Waals surface area contributed by atoms with Crippen LogP contribution < -0.4 is 11.0 Å². The van der Waals surface area contributed by atoms with Gasteiger partial charge in [-0.1, -0.05) is 6.07 Å². The lowest BCUT2D eigenvalue weighted by atomic mass is 10.0. The van der Waals surface area contributed by atoms with Crippen LogP contribution in [-0.2, 0) is 20.2 Å². The minimum absolute atomic E-state index is 0.139. The lowest BCUT2D eigenvalue weighted by Gasteiger charge is -2.10. The van der Waals surface area contributed by atoms with Gasteiger partial charge in [0.25, 0.3) is 0 Å². The number of hydrogen-bond donors (Lipinski definition) is 2. The Morgan fingerprint density at radius 3 is 2.64 bits per heavy atom. The molecule has 33 heavy (non-hydrogen) atoms. The van der Waals surface area contributed by atoms with E-state index in [1.54, 1.807) is 35.6 Å². The van der Waals surface area contributed by atoms with Crippen LogP contribution in [0.15, 0.2) is 47.7 Å². The fraction of sp³-hybridized carbons (Fsp3) is 0.250. The van der Waals surface area contributed by atoms with Gasteiger partial charge in [0, 0.05) is 44.0 Å². The van der Waals surface area contributed by atoms with Crippen molar-refractivity contribution in [1.82, 2.24) is 28.9 Å². The molecule has 0 unspecified atom stereocenters. The minimum atomic E-state index is -0.144. The van der Waals surface area contributed by atoms with Crippen molar-refractivity contribution in [3.05, 3.63) is 64.7 Å². The van der Waals surface area contributed by atoms with Crippen molar-refractivity contribution in [1.29, 1.82) is 0 Å². The molecular weight excluding hydrogens is 418 g/mol. The van der Waals surface area contributed by atoms with Crippen molar-refractivity contribution in [2.45, 2.75) is 27.0 Å². The van der Waals surface area contributed by atoms with E-state index in [2.05, 4.69) is 20.4 Å². The average Bonchev–Trinajstić information content (AvgIpc) is 3.34. The van der Waals surface area contributed by atoms with E-state index in [1.165, 1.54) is 0 Å². The van der Waals surface area contributed by atoms with Crippen LogP contribution in [0, 0.1) is 6.92 Å². The molecule has 9 nitrogen and oxygen atoms in total. The van der Waals surface area contributed by atoms with E-state index in [4.69, 9.17) is 0 Å². The predicted molar refractivity (Wildman–Crippen MR) is 129 cm³/mol. The Kier molecular flexibility index (Phi) is 4.98. The summed E-state index contributed by atoms with van der Waals surface area (Å²) in [5.74, 6) is 0. The number of aliphatic hydroxyl groups excluding tert-OH is 1. The van der Waals surface area contributed by atoms with Gasteiger partial charge in [0.2, 0.25) is 0 Å². The number of anilines is 1. The van der Waals surface area contributed by atoms with E-state index in [0.717, 1.165) is 56.7 Å². The summed E-state index contributed by atoms with van der Waals surface area (Å²) < 4.78 is 5.18. The van der Waals surface area contributed by atoms with Gasteiger partial charge in [-0.05, 0) is 37.6 Å². The maximum Gasteiger partial charge on any atom is 0.333 e. The first-order valence-electron chi connectivity index (χ1n) is 10.8. The van der Waals surface area contributed by atoms with Crippen molar-refractivity contribution >= 4 is 27.6 Å². The Hall–Kier alpha value is -3.98. The standard InChI is InChI=1S/C24H25N7O2/c1-5-30-12-22(14(2)28-30)31-23-17-8-15(16-9-19(25-3)20(13-32)26-10-16)6-7-18(17)27-11-21(23)29(4)24(31)33/h6-12,25,32H,5,13H2,1-4H3. The third kappa shape index (κ3) is 3.20. The number of benzene rings is 1. The molecule has 0 radical (unpaired) electrons. The molecule has 5 aromatic rings. The van der Waals surface area contributed by atoms with Gasteiger partial charge in [-0.15, -0.1) is 0 Å². The summed E-state index contributed by atoms with van der Waals surface area (Å²) in [6.45, 7) is 4.51. The van der Waals surface area contributed by atoms with Crippen LogP contribution in [0.25, 0.3) is 38.8 Å². The second kappa shape index (κ2) is 7.86. The van der Waals surface area contributed by atoms with Crippen molar-refractivity contribution in [2.75, 3.05) is 12.4 Å². The highest BCUT2D eigenvalue weighted by Crippen LogP contribution is 2.31. The van der Waals surface area contributed by atoms with E-state index in [0.29, 0.717) is 5.69 Å². The molecule has 0 amide bonds. The number of aryl methyl sites for hydroxylation is 3. The summed E-state index contributed by atoms with van der Waals surface area (Å²) in [6.07, 6.45) is 5.39. The largest absolute Gasteiger partial charge is 0.390 e. The summed E-state index contributed by atoms with van der Waals surface area (Å²) in [5, 5.41) is 18.0. The van der Waals surface area contributed by atoms with Gasteiger partial charge in [0.15, 0.2) is 0 Å². The molecule has 0 spiro atoms.